The molecule has 1 unspecified atom stereocenters. The Bertz CT molecular complexity index is 1530. The predicted molar refractivity (Wildman–Crippen MR) is 153 cm³/mol. The van der Waals surface area contributed by atoms with Gasteiger partial charge in [0.15, 0.2) is 10.8 Å². The number of hydrogen-bond acceptors (Lipinski definition) is 15. The van der Waals surface area contributed by atoms with Gasteiger partial charge >= 0.3 is 23.8 Å². The van der Waals surface area contributed by atoms with Gasteiger partial charge < -0.3 is 37.6 Å². The van der Waals surface area contributed by atoms with E-state index in [1.165, 1.54) is 42.8 Å². The van der Waals surface area contributed by atoms with Crippen LogP contribution in [0.5, 0.6) is 0 Å². The quantitative estimate of drug-likeness (QED) is 0.0572. The van der Waals surface area contributed by atoms with Crippen LogP contribution in [0.3, 0.4) is 0 Å². The highest BCUT2D eigenvalue weighted by molar-refractivity contribution is 8.01. The number of anilines is 3. The van der Waals surface area contributed by atoms with Crippen molar-refractivity contribution in [1.29, 1.82) is 0 Å². The molecule has 2 atom stereocenters. The third-order valence-corrected chi connectivity index (χ3v) is 9.11. The summed E-state index contributed by atoms with van der Waals surface area (Å²) in [4.78, 5) is 68.4. The number of fused-ring (bicyclic) bond motifs is 1. The fourth-order valence-corrected chi connectivity index (χ4v) is 6.92. The lowest BCUT2D eigenvalue weighted by Gasteiger charge is -2.49. The van der Waals surface area contributed by atoms with E-state index in [1.54, 1.807) is 4.57 Å². The van der Waals surface area contributed by atoms with Crippen LogP contribution in [0, 0.1) is 0 Å². The van der Waals surface area contributed by atoms with E-state index in [0.717, 1.165) is 16.2 Å². The van der Waals surface area contributed by atoms with Gasteiger partial charge in [-0.15, -0.1) is 23.1 Å². The zero-order chi connectivity index (χ0) is 30.9. The van der Waals surface area contributed by atoms with Gasteiger partial charge in [0, 0.05) is 16.9 Å². The molecule has 4 heterocycles. The second-order valence-electron chi connectivity index (χ2n) is 9.29. The zero-order valence-electron chi connectivity index (χ0n) is 22.4. The Hall–Kier alpha value is -4.17. The molecule has 9 N–H and O–H groups in total. The topological polar surface area (TPSA) is 266 Å². The van der Waals surface area contributed by atoms with Crippen molar-refractivity contribution in [1.82, 2.24) is 25.2 Å². The van der Waals surface area contributed by atoms with Crippen LogP contribution in [0.2, 0.25) is 0 Å². The highest BCUT2D eigenvalue weighted by Gasteiger charge is 2.54. The molecule has 224 valence electrons. The smallest absolute Gasteiger partial charge is 0.352 e. The molecule has 17 nitrogen and oxygen atoms in total. The maximum Gasteiger partial charge on any atom is 0.352 e. The minimum atomic E-state index is -1.77. The number of thioether (sulfide) groups is 2. The van der Waals surface area contributed by atoms with E-state index in [-0.39, 0.29) is 39.9 Å². The number of nitrogen functional groups attached to an aromatic ring is 3. The molecule has 2 amide bonds. The monoisotopic (exact) mass is 639 g/mol. The Balaban J connectivity index is 1.54. The number of thiazole rings is 1. The van der Waals surface area contributed by atoms with Gasteiger partial charge in [0.05, 0.1) is 6.54 Å². The molecule has 0 bridgehead atoms. The van der Waals surface area contributed by atoms with Crippen molar-refractivity contribution < 1.29 is 38.8 Å². The van der Waals surface area contributed by atoms with Gasteiger partial charge in [0.2, 0.25) is 5.60 Å². The Morgan fingerprint density at radius 1 is 1.26 bits per heavy atom. The summed E-state index contributed by atoms with van der Waals surface area (Å²) in [6.07, 6.45) is 0. The van der Waals surface area contributed by atoms with Gasteiger partial charge in [-0.1, -0.05) is 26.9 Å². The first-order chi connectivity index (χ1) is 19.7. The van der Waals surface area contributed by atoms with E-state index in [0.29, 0.717) is 17.3 Å². The van der Waals surface area contributed by atoms with Crippen molar-refractivity contribution in [2.24, 2.45) is 5.16 Å². The Morgan fingerprint density at radius 3 is 2.57 bits per heavy atom. The van der Waals surface area contributed by atoms with E-state index in [1.807, 2.05) is 6.92 Å². The lowest BCUT2D eigenvalue weighted by molar-refractivity contribution is -0.722. The number of carbonyl (C=O) groups excluding carboxylic acids is 2. The number of rotatable bonds is 11. The highest BCUT2D eigenvalue weighted by Crippen LogP contribution is 2.41. The standard InChI is InChI=1S/C22H26N10O7S3/c1-4-31-19(24)28-18(23)29-21(31)42-6-8-5-40-15-11(14(34)32(15)12(8)16(35)36)27-13(33)10(9-7-41-20(25)26-9)30-39-22(2,3)17(37)38/h7,11,15H,4-6H2,1-3H3,(H8,23,24,25,26,27,28,33,35,36,37,38)/p+1/t11?,15-/m0/s1. The van der Waals surface area contributed by atoms with Crippen LogP contribution in [-0.4, -0.2) is 88.1 Å². The number of aliphatic carboxylic acids is 2. The molecular weight excluding hydrogens is 613 g/mol. The molecular formula is C22H27N10O7S3+. The fraction of sp³-hybridized carbons (Fsp3) is 0.409. The second kappa shape index (κ2) is 12.0. The number of β-lactam (4-membered cyclic amide) rings is 1. The van der Waals surface area contributed by atoms with Crippen molar-refractivity contribution in [3.8, 4) is 0 Å². The lowest BCUT2D eigenvalue weighted by atomic mass is 10.0. The number of carbonyl (C=O) groups is 4. The van der Waals surface area contributed by atoms with Crippen LogP contribution in [0.15, 0.2) is 27.0 Å². The molecule has 1 fully saturated rings. The average molecular weight is 640 g/mol. The van der Waals surface area contributed by atoms with Crippen LogP contribution in [0.1, 0.15) is 26.5 Å². The summed E-state index contributed by atoms with van der Waals surface area (Å²) >= 11 is 3.48. The summed E-state index contributed by atoms with van der Waals surface area (Å²) in [6.45, 7) is 4.78. The van der Waals surface area contributed by atoms with Gasteiger partial charge in [-0.2, -0.15) is 0 Å². The molecule has 0 radical (unpaired) electrons. The van der Waals surface area contributed by atoms with E-state index in [4.69, 9.17) is 22.0 Å². The molecule has 0 spiro atoms. The first-order valence-corrected chi connectivity index (χ1v) is 15.0. The minimum Gasteiger partial charge on any atom is -0.478 e. The van der Waals surface area contributed by atoms with Gasteiger partial charge in [-0.05, 0) is 26.3 Å². The van der Waals surface area contributed by atoms with Crippen molar-refractivity contribution in [2.75, 3.05) is 28.7 Å². The van der Waals surface area contributed by atoms with Crippen molar-refractivity contribution >= 4 is 81.4 Å². The molecule has 4 rings (SSSR count). The number of amides is 2. The highest BCUT2D eigenvalue weighted by atomic mass is 32.2. The van der Waals surface area contributed by atoms with E-state index < -0.39 is 46.5 Å². The number of aromatic nitrogens is 4. The number of nitrogens with zero attached hydrogens (tertiary/aromatic N) is 6. The SMILES string of the molecule is CC[n+]1c(N)nc(N)nc1SCC1=C(C(=O)O)N2C(=O)C(NC(=O)C(=NOC(C)(C)C(=O)O)c3csc(N)n3)[C@@H]2SC1. The first-order valence-electron chi connectivity index (χ1n) is 12.1. The Morgan fingerprint density at radius 2 is 1.98 bits per heavy atom. The maximum absolute atomic E-state index is 13.2. The normalized spacial score (nSPS) is 18.8. The molecule has 0 aliphatic carbocycles. The Kier molecular flexibility index (Phi) is 8.78. The van der Waals surface area contributed by atoms with Gasteiger partial charge in [-0.3, -0.25) is 14.5 Å². The minimum absolute atomic E-state index is 0.0110. The Labute approximate surface area is 250 Å². The molecule has 2 aromatic rings. The van der Waals surface area contributed by atoms with Crippen LogP contribution < -0.4 is 27.1 Å². The summed E-state index contributed by atoms with van der Waals surface area (Å²) in [7, 11) is 0. The second-order valence-corrected chi connectivity index (χ2v) is 12.2. The number of hydrogen-bond donors (Lipinski definition) is 6. The van der Waals surface area contributed by atoms with Crippen molar-refractivity contribution in [3.63, 3.8) is 0 Å². The maximum atomic E-state index is 13.2. The molecule has 1 saturated heterocycles. The molecule has 0 aromatic carbocycles. The lowest BCUT2D eigenvalue weighted by Crippen LogP contribution is -2.71. The molecule has 0 saturated carbocycles. The first kappa shape index (κ1) is 30.8. The summed E-state index contributed by atoms with van der Waals surface area (Å²) in [5.74, 6) is -3.60. The van der Waals surface area contributed by atoms with Crippen molar-refractivity contribution in [3.05, 3.63) is 22.3 Å². The number of carboxylic acids is 2. The van der Waals surface area contributed by atoms with Gasteiger partial charge in [0.25, 0.3) is 17.0 Å². The molecule has 2 aromatic heterocycles. The van der Waals surface area contributed by atoms with Crippen LogP contribution in [-0.2, 0) is 30.6 Å². The fourth-order valence-electron chi connectivity index (χ4n) is 3.82. The number of nitrogens with one attached hydrogen (secondary N) is 1. The third-order valence-electron chi connectivity index (χ3n) is 6.03. The largest absolute Gasteiger partial charge is 0.478 e. The molecule has 42 heavy (non-hydrogen) atoms. The summed E-state index contributed by atoms with van der Waals surface area (Å²) in [5, 5.41) is 26.8. The van der Waals surface area contributed by atoms with Gasteiger partial charge in [0.1, 0.15) is 22.8 Å². The van der Waals surface area contributed by atoms with E-state index in [9.17, 15) is 29.4 Å². The predicted octanol–water partition coefficient (Wildman–Crippen LogP) is -0.898. The molecule has 2 aliphatic heterocycles. The molecule has 20 heteroatoms. The average Bonchev–Trinajstić information content (AvgIpc) is 3.35. The van der Waals surface area contributed by atoms with E-state index >= 15 is 0 Å². The number of carboxylic acid groups (broad SMARTS) is 2. The summed E-state index contributed by atoms with van der Waals surface area (Å²) in [6, 6.07) is -1.09. The number of nitrogens with two attached hydrogens (primary N) is 3. The van der Waals surface area contributed by atoms with Gasteiger partial charge in [-0.25, -0.2) is 19.1 Å². The third kappa shape index (κ3) is 6.04. The van der Waals surface area contributed by atoms with Crippen molar-refractivity contribution in [2.45, 2.75) is 49.5 Å². The zero-order valence-corrected chi connectivity index (χ0v) is 24.9. The molecule has 2 aliphatic rings. The van der Waals surface area contributed by atoms with Crippen LogP contribution >= 0.6 is 34.9 Å². The summed E-state index contributed by atoms with van der Waals surface area (Å²) in [5.41, 5.74) is 15.4. The van der Waals surface area contributed by atoms with Crippen LogP contribution in [0.4, 0.5) is 17.0 Å². The van der Waals surface area contributed by atoms with E-state index in [2.05, 4.69) is 25.4 Å². The summed E-state index contributed by atoms with van der Waals surface area (Å²) < 4.78 is 1.62. The number of oxime groups is 1. The van der Waals surface area contributed by atoms with Crippen LogP contribution in [0.25, 0.3) is 0 Å².